The zero-order chi connectivity index (χ0) is 8.86. The van der Waals surface area contributed by atoms with Gasteiger partial charge in [-0.1, -0.05) is 25.2 Å². The van der Waals surface area contributed by atoms with E-state index >= 15 is 0 Å². The zero-order valence-corrected chi connectivity index (χ0v) is 7.53. The summed E-state index contributed by atoms with van der Waals surface area (Å²) in [5.41, 5.74) is 5.50. The third-order valence-corrected chi connectivity index (χ3v) is 1.93. The molecule has 1 unspecified atom stereocenters. The van der Waals surface area contributed by atoms with Crippen molar-refractivity contribution >= 4 is 6.21 Å². The van der Waals surface area contributed by atoms with Gasteiger partial charge in [0.05, 0.1) is 6.54 Å². The van der Waals surface area contributed by atoms with Crippen LogP contribution in [0.4, 0.5) is 0 Å². The van der Waals surface area contributed by atoms with Gasteiger partial charge in [-0.05, 0) is 19.0 Å². The Morgan fingerprint density at radius 1 is 1.67 bits per heavy atom. The first kappa shape index (κ1) is 9.20. The predicted molar refractivity (Wildman–Crippen MR) is 53.4 cm³/mol. The fourth-order valence-electron chi connectivity index (χ4n) is 1.18. The number of rotatable bonds is 3. The van der Waals surface area contributed by atoms with Gasteiger partial charge < -0.3 is 5.73 Å². The van der Waals surface area contributed by atoms with Gasteiger partial charge in [0.1, 0.15) is 0 Å². The topological polar surface area (TPSA) is 38.4 Å². The van der Waals surface area contributed by atoms with Crippen LogP contribution in [-0.4, -0.2) is 19.3 Å². The van der Waals surface area contributed by atoms with E-state index in [1.807, 2.05) is 12.3 Å². The van der Waals surface area contributed by atoms with Crippen molar-refractivity contribution < 1.29 is 0 Å². The first-order chi connectivity index (χ1) is 5.77. The van der Waals surface area contributed by atoms with Crippen LogP contribution in [0.1, 0.15) is 13.3 Å². The fraction of sp³-hybridized carbons (Fsp3) is 0.500. The minimum Gasteiger partial charge on any atom is -0.330 e. The number of nitrogens with two attached hydrogens (primary N) is 1. The van der Waals surface area contributed by atoms with Crippen LogP contribution in [0.5, 0.6) is 0 Å². The molecule has 0 spiro atoms. The Hall–Kier alpha value is -0.890. The van der Waals surface area contributed by atoms with Gasteiger partial charge in [0, 0.05) is 11.6 Å². The smallest absolute Gasteiger partial charge is 0.0512 e. The highest BCUT2D eigenvalue weighted by atomic mass is 14.7. The van der Waals surface area contributed by atoms with Crippen molar-refractivity contribution in [2.24, 2.45) is 16.1 Å². The Labute approximate surface area is 73.9 Å². The Balaban J connectivity index is 2.49. The molecule has 1 heterocycles. The van der Waals surface area contributed by atoms with E-state index in [0.717, 1.165) is 19.5 Å². The average molecular weight is 164 g/mol. The van der Waals surface area contributed by atoms with Crippen LogP contribution in [0.15, 0.2) is 29.3 Å². The van der Waals surface area contributed by atoms with Gasteiger partial charge in [0.2, 0.25) is 0 Å². The van der Waals surface area contributed by atoms with E-state index < -0.39 is 0 Å². The van der Waals surface area contributed by atoms with Crippen molar-refractivity contribution in [2.45, 2.75) is 13.3 Å². The van der Waals surface area contributed by atoms with E-state index in [2.05, 4.69) is 30.1 Å². The van der Waals surface area contributed by atoms with Gasteiger partial charge in [-0.3, -0.25) is 4.99 Å². The van der Waals surface area contributed by atoms with Crippen LogP contribution in [0, 0.1) is 5.41 Å². The lowest BCUT2D eigenvalue weighted by molar-refractivity contribution is 0.562. The molecule has 0 aromatic heterocycles. The van der Waals surface area contributed by atoms with Crippen LogP contribution in [0.25, 0.3) is 0 Å². The van der Waals surface area contributed by atoms with Crippen molar-refractivity contribution in [3.63, 3.8) is 0 Å². The third kappa shape index (κ3) is 2.62. The lowest BCUT2D eigenvalue weighted by Crippen LogP contribution is -2.16. The molecule has 0 saturated carbocycles. The molecule has 0 fully saturated rings. The van der Waals surface area contributed by atoms with E-state index in [4.69, 9.17) is 5.73 Å². The molecular weight excluding hydrogens is 148 g/mol. The van der Waals surface area contributed by atoms with Crippen LogP contribution in [0.3, 0.4) is 0 Å². The van der Waals surface area contributed by atoms with E-state index in [1.54, 1.807) is 0 Å². The van der Waals surface area contributed by atoms with Gasteiger partial charge in [0.25, 0.3) is 0 Å². The maximum absolute atomic E-state index is 5.39. The fourth-order valence-corrected chi connectivity index (χ4v) is 1.18. The van der Waals surface area contributed by atoms with Crippen LogP contribution < -0.4 is 5.73 Å². The molecule has 1 aliphatic heterocycles. The summed E-state index contributed by atoms with van der Waals surface area (Å²) >= 11 is 0. The molecule has 1 rings (SSSR count). The summed E-state index contributed by atoms with van der Waals surface area (Å²) in [6.45, 7) is 3.75. The average Bonchev–Trinajstić information content (AvgIpc) is 2.06. The second-order valence-corrected chi connectivity index (χ2v) is 3.33. The van der Waals surface area contributed by atoms with Gasteiger partial charge >= 0.3 is 0 Å². The molecule has 0 saturated heterocycles. The number of hydrogen-bond acceptors (Lipinski definition) is 2. The summed E-state index contributed by atoms with van der Waals surface area (Å²) in [4.78, 5) is 4.21. The highest BCUT2D eigenvalue weighted by molar-refractivity contribution is 5.72. The van der Waals surface area contributed by atoms with E-state index in [9.17, 15) is 0 Å². The lowest BCUT2D eigenvalue weighted by atomic mass is 9.88. The second kappa shape index (κ2) is 4.21. The largest absolute Gasteiger partial charge is 0.330 e. The van der Waals surface area contributed by atoms with Crippen molar-refractivity contribution in [3.8, 4) is 0 Å². The van der Waals surface area contributed by atoms with Crippen molar-refractivity contribution in [2.75, 3.05) is 13.1 Å². The highest BCUT2D eigenvalue weighted by Gasteiger charge is 2.16. The molecule has 12 heavy (non-hydrogen) atoms. The summed E-state index contributed by atoms with van der Waals surface area (Å²) in [5, 5.41) is 0. The van der Waals surface area contributed by atoms with Crippen LogP contribution in [0.2, 0.25) is 0 Å². The summed E-state index contributed by atoms with van der Waals surface area (Å²) < 4.78 is 0. The number of aliphatic imine (C=N–C) groups is 1. The van der Waals surface area contributed by atoms with E-state index in [1.165, 1.54) is 0 Å². The summed E-state index contributed by atoms with van der Waals surface area (Å²) in [6.07, 6.45) is 11.3. The van der Waals surface area contributed by atoms with Gasteiger partial charge in [-0.25, -0.2) is 0 Å². The van der Waals surface area contributed by atoms with Crippen molar-refractivity contribution in [1.29, 1.82) is 0 Å². The van der Waals surface area contributed by atoms with Gasteiger partial charge in [-0.2, -0.15) is 0 Å². The van der Waals surface area contributed by atoms with Gasteiger partial charge in [0.15, 0.2) is 0 Å². The molecule has 66 valence electrons. The predicted octanol–water partition coefficient (Wildman–Crippen LogP) is 1.54. The minimum atomic E-state index is 0.115. The molecule has 0 aliphatic carbocycles. The highest BCUT2D eigenvalue weighted by Crippen LogP contribution is 2.22. The van der Waals surface area contributed by atoms with Crippen molar-refractivity contribution in [3.05, 3.63) is 24.3 Å². The Kier molecular flexibility index (Phi) is 3.23. The van der Waals surface area contributed by atoms with Crippen molar-refractivity contribution in [1.82, 2.24) is 0 Å². The van der Waals surface area contributed by atoms with E-state index in [-0.39, 0.29) is 5.41 Å². The lowest BCUT2D eigenvalue weighted by Gasteiger charge is -2.21. The molecule has 1 atom stereocenters. The molecule has 0 radical (unpaired) electrons. The second-order valence-electron chi connectivity index (χ2n) is 3.33. The molecule has 2 N–H and O–H groups in total. The number of nitrogens with zero attached hydrogens (tertiary/aromatic N) is 1. The molecule has 0 aromatic carbocycles. The molecule has 0 amide bonds. The monoisotopic (exact) mass is 164 g/mol. The first-order valence-corrected chi connectivity index (χ1v) is 4.32. The Bertz CT molecular complexity index is 216. The molecule has 2 heteroatoms. The summed E-state index contributed by atoms with van der Waals surface area (Å²) in [5.74, 6) is 0. The number of hydrogen-bond donors (Lipinski definition) is 1. The number of allylic oxidation sites excluding steroid dienone is 1. The minimum absolute atomic E-state index is 0.115. The molecular formula is C10H16N2. The Morgan fingerprint density at radius 2 is 2.50 bits per heavy atom. The van der Waals surface area contributed by atoms with Gasteiger partial charge in [-0.15, -0.1) is 0 Å². The standard InChI is InChI=1S/C10H16N2/c1-10(5-2-3-7-11)6-4-8-12-9-10/h2,4-6,8H,3,7,9,11H2,1H3/b5-2+. The normalized spacial score (nSPS) is 28.5. The van der Waals surface area contributed by atoms with E-state index in [0.29, 0.717) is 0 Å². The molecule has 2 nitrogen and oxygen atoms in total. The quantitative estimate of drug-likeness (QED) is 0.631. The summed E-state index contributed by atoms with van der Waals surface area (Å²) in [7, 11) is 0. The Morgan fingerprint density at radius 3 is 3.08 bits per heavy atom. The van der Waals surface area contributed by atoms with Crippen LogP contribution >= 0.6 is 0 Å². The third-order valence-electron chi connectivity index (χ3n) is 1.93. The maximum atomic E-state index is 5.39. The molecule has 1 aliphatic rings. The first-order valence-electron chi connectivity index (χ1n) is 4.32. The van der Waals surface area contributed by atoms with Crippen LogP contribution in [-0.2, 0) is 0 Å². The number of dihydropyridines is 1. The molecule has 0 aromatic rings. The SMILES string of the molecule is CC1(/C=C/CCN)C=CC=NC1. The summed E-state index contributed by atoms with van der Waals surface area (Å²) in [6, 6.07) is 0. The zero-order valence-electron chi connectivity index (χ0n) is 7.53. The molecule has 0 bridgehead atoms. The maximum Gasteiger partial charge on any atom is 0.0512 e.